The molecule has 0 unspecified atom stereocenters. The largest absolute Gasteiger partial charge is 0.467 e. The van der Waals surface area contributed by atoms with Crippen LogP contribution in [0.1, 0.15) is 51.9 Å². The second-order valence-corrected chi connectivity index (χ2v) is 8.16. The van der Waals surface area contributed by atoms with Gasteiger partial charge in [0.1, 0.15) is 16.5 Å². The monoisotopic (exact) mass is 422 g/mol. The minimum Gasteiger partial charge on any atom is -0.467 e. The number of nitrogens with zero attached hydrogens (tertiary/aromatic N) is 1. The number of ether oxygens (including phenoxy) is 1. The third-order valence-electron chi connectivity index (χ3n) is 4.86. The summed E-state index contributed by atoms with van der Waals surface area (Å²) >= 11 is 1.59. The van der Waals surface area contributed by atoms with Crippen molar-refractivity contribution in [3.05, 3.63) is 70.0 Å². The number of furan rings is 1. The molecule has 2 aromatic heterocycles. The average Bonchev–Trinajstić information content (AvgIpc) is 3.38. The minimum absolute atomic E-state index is 0.122. The van der Waals surface area contributed by atoms with Gasteiger partial charge in [0.05, 0.1) is 18.4 Å². The molecule has 0 atom stereocenters. The van der Waals surface area contributed by atoms with Crippen LogP contribution in [0.4, 0.5) is 5.00 Å². The molecule has 0 fully saturated rings. The standard InChI is InChI=1S/C23H22N2O4S/c1-15(26)29-17-10-8-16(9-11-17)13-25-23-21(19-6-2-3-7-20(19)30-23)22(27)24-14-18-5-4-12-28-18/h4-5,8-13H,2-3,6-7,14H2,1H3,(H,24,27). The van der Waals surface area contributed by atoms with Crippen LogP contribution in [0, 0.1) is 0 Å². The molecule has 0 spiro atoms. The predicted octanol–water partition coefficient (Wildman–Crippen LogP) is 4.83. The van der Waals surface area contributed by atoms with E-state index in [4.69, 9.17) is 9.15 Å². The Kier molecular flexibility index (Phi) is 6.09. The molecule has 6 nitrogen and oxygen atoms in total. The van der Waals surface area contributed by atoms with E-state index in [0.717, 1.165) is 41.8 Å². The Morgan fingerprint density at radius 3 is 2.73 bits per heavy atom. The lowest BCUT2D eigenvalue weighted by Gasteiger charge is -2.12. The van der Waals surface area contributed by atoms with Crippen LogP contribution in [0.3, 0.4) is 0 Å². The van der Waals surface area contributed by atoms with Gasteiger partial charge in [0, 0.05) is 18.0 Å². The fourth-order valence-corrected chi connectivity index (χ4v) is 4.70. The molecule has 1 amide bonds. The van der Waals surface area contributed by atoms with Crippen LogP contribution in [0.25, 0.3) is 0 Å². The molecule has 1 aromatic carbocycles. The summed E-state index contributed by atoms with van der Waals surface area (Å²) in [4.78, 5) is 29.9. The van der Waals surface area contributed by atoms with Crippen molar-refractivity contribution in [3.8, 4) is 5.75 Å². The number of carbonyl (C=O) groups is 2. The number of aryl methyl sites for hydroxylation is 1. The molecule has 1 aliphatic carbocycles. The lowest BCUT2D eigenvalue weighted by Crippen LogP contribution is -2.23. The maximum Gasteiger partial charge on any atom is 0.308 e. The molecule has 1 N–H and O–H groups in total. The van der Waals surface area contributed by atoms with E-state index < -0.39 is 0 Å². The molecule has 3 aromatic rings. The number of benzene rings is 1. The van der Waals surface area contributed by atoms with Crippen LogP contribution in [-0.4, -0.2) is 18.1 Å². The van der Waals surface area contributed by atoms with Gasteiger partial charge in [-0.3, -0.25) is 9.59 Å². The predicted molar refractivity (Wildman–Crippen MR) is 116 cm³/mol. The molecule has 0 aliphatic heterocycles. The van der Waals surface area contributed by atoms with Crippen LogP contribution < -0.4 is 10.1 Å². The van der Waals surface area contributed by atoms with Gasteiger partial charge in [0.25, 0.3) is 5.91 Å². The first-order valence-corrected chi connectivity index (χ1v) is 10.7. The number of esters is 1. The van der Waals surface area contributed by atoms with E-state index in [0.29, 0.717) is 23.6 Å². The Morgan fingerprint density at radius 1 is 1.20 bits per heavy atom. The second kappa shape index (κ2) is 9.09. The van der Waals surface area contributed by atoms with Gasteiger partial charge >= 0.3 is 5.97 Å². The van der Waals surface area contributed by atoms with Crippen LogP contribution in [0.15, 0.2) is 52.1 Å². The SMILES string of the molecule is CC(=O)Oc1ccc(C=Nc2sc3c(c2C(=O)NCc2ccco2)CCCC3)cc1. The fraction of sp³-hybridized carbons (Fsp3) is 0.261. The smallest absolute Gasteiger partial charge is 0.308 e. The number of carbonyl (C=O) groups excluding carboxylic acids is 2. The average molecular weight is 423 g/mol. The van der Waals surface area contributed by atoms with E-state index in [2.05, 4.69) is 10.3 Å². The van der Waals surface area contributed by atoms with Crippen LogP contribution in [0.2, 0.25) is 0 Å². The molecule has 4 rings (SSSR count). The van der Waals surface area contributed by atoms with Crippen molar-refractivity contribution in [3.63, 3.8) is 0 Å². The number of hydrogen-bond donors (Lipinski definition) is 1. The van der Waals surface area contributed by atoms with E-state index in [1.807, 2.05) is 18.2 Å². The molecule has 0 radical (unpaired) electrons. The molecule has 1 aliphatic rings. The molecule has 0 saturated heterocycles. The quantitative estimate of drug-likeness (QED) is 0.351. The Labute approximate surface area is 178 Å². The fourth-order valence-electron chi connectivity index (χ4n) is 3.47. The highest BCUT2D eigenvalue weighted by Gasteiger charge is 2.25. The van der Waals surface area contributed by atoms with Gasteiger partial charge in [-0.1, -0.05) is 0 Å². The second-order valence-electron chi connectivity index (χ2n) is 7.07. The number of nitrogens with one attached hydrogen (secondary N) is 1. The number of hydrogen-bond acceptors (Lipinski definition) is 6. The molecule has 7 heteroatoms. The Morgan fingerprint density at radius 2 is 2.00 bits per heavy atom. The molecule has 30 heavy (non-hydrogen) atoms. The van der Waals surface area contributed by atoms with Crippen molar-refractivity contribution in [2.45, 2.75) is 39.2 Å². The first-order valence-electron chi connectivity index (χ1n) is 9.88. The third kappa shape index (κ3) is 4.68. The summed E-state index contributed by atoms with van der Waals surface area (Å²) < 4.78 is 10.4. The maximum atomic E-state index is 13.0. The van der Waals surface area contributed by atoms with Gasteiger partial charge in [-0.15, -0.1) is 11.3 Å². The van der Waals surface area contributed by atoms with Gasteiger partial charge in [0.2, 0.25) is 0 Å². The van der Waals surface area contributed by atoms with Crippen molar-refractivity contribution >= 4 is 34.4 Å². The molecule has 2 heterocycles. The summed E-state index contributed by atoms with van der Waals surface area (Å²) in [6.07, 6.45) is 7.45. The van der Waals surface area contributed by atoms with E-state index in [9.17, 15) is 9.59 Å². The Balaban J connectivity index is 1.56. The lowest BCUT2D eigenvalue weighted by molar-refractivity contribution is -0.131. The maximum absolute atomic E-state index is 13.0. The first kappa shape index (κ1) is 20.1. The topological polar surface area (TPSA) is 80.9 Å². The van der Waals surface area contributed by atoms with Gasteiger partial charge in [0.15, 0.2) is 0 Å². The van der Waals surface area contributed by atoms with Gasteiger partial charge in [-0.05, 0) is 73.2 Å². The van der Waals surface area contributed by atoms with E-state index >= 15 is 0 Å². The first-order chi connectivity index (χ1) is 14.6. The summed E-state index contributed by atoms with van der Waals surface area (Å²) in [6.45, 7) is 1.71. The summed E-state index contributed by atoms with van der Waals surface area (Å²) in [6, 6.07) is 10.7. The van der Waals surface area contributed by atoms with Crippen LogP contribution in [0.5, 0.6) is 5.75 Å². The van der Waals surface area contributed by atoms with E-state index in [1.54, 1.807) is 42.0 Å². The van der Waals surface area contributed by atoms with Gasteiger partial charge in [-0.2, -0.15) is 0 Å². The third-order valence-corrected chi connectivity index (χ3v) is 6.06. The Hall–Kier alpha value is -3.19. The van der Waals surface area contributed by atoms with E-state index in [-0.39, 0.29) is 11.9 Å². The van der Waals surface area contributed by atoms with Crippen molar-refractivity contribution in [2.75, 3.05) is 0 Å². The normalized spacial score (nSPS) is 13.2. The van der Waals surface area contributed by atoms with Crippen molar-refractivity contribution < 1.29 is 18.7 Å². The summed E-state index contributed by atoms with van der Waals surface area (Å²) in [7, 11) is 0. The summed E-state index contributed by atoms with van der Waals surface area (Å²) in [5.74, 6) is 0.726. The van der Waals surface area contributed by atoms with Gasteiger partial charge in [-0.25, -0.2) is 4.99 Å². The number of rotatable bonds is 6. The highest BCUT2D eigenvalue weighted by molar-refractivity contribution is 7.16. The molecular weight excluding hydrogens is 400 g/mol. The number of aliphatic imine (C=N–C) groups is 1. The number of amides is 1. The van der Waals surface area contributed by atoms with Crippen molar-refractivity contribution in [1.29, 1.82) is 0 Å². The zero-order valence-electron chi connectivity index (χ0n) is 16.6. The molecular formula is C23H22N2O4S. The molecule has 0 saturated carbocycles. The summed E-state index contributed by atoms with van der Waals surface area (Å²) in [5.41, 5.74) is 2.66. The van der Waals surface area contributed by atoms with Crippen molar-refractivity contribution in [2.24, 2.45) is 4.99 Å². The number of fused-ring (bicyclic) bond motifs is 1. The zero-order chi connectivity index (χ0) is 20.9. The van der Waals surface area contributed by atoms with Crippen LogP contribution in [-0.2, 0) is 24.2 Å². The minimum atomic E-state index is -0.356. The Bertz CT molecular complexity index is 1070. The zero-order valence-corrected chi connectivity index (χ0v) is 17.5. The highest BCUT2D eigenvalue weighted by Crippen LogP contribution is 2.39. The highest BCUT2D eigenvalue weighted by atomic mass is 32.1. The van der Waals surface area contributed by atoms with E-state index in [1.165, 1.54) is 11.8 Å². The molecule has 0 bridgehead atoms. The number of thiophene rings is 1. The lowest BCUT2D eigenvalue weighted by atomic mass is 9.95. The summed E-state index contributed by atoms with van der Waals surface area (Å²) in [5, 5.41) is 3.68. The van der Waals surface area contributed by atoms with Gasteiger partial charge < -0.3 is 14.5 Å². The van der Waals surface area contributed by atoms with Crippen LogP contribution >= 0.6 is 11.3 Å². The van der Waals surface area contributed by atoms with Crippen molar-refractivity contribution in [1.82, 2.24) is 5.32 Å². The molecule has 154 valence electrons.